The number of aliphatic hydroxyl groups is 1. The van der Waals surface area contributed by atoms with Crippen LogP contribution in [0.25, 0.3) is 0 Å². The highest BCUT2D eigenvalue weighted by molar-refractivity contribution is 6.30. The highest BCUT2D eigenvalue weighted by Gasteiger charge is 2.23. The predicted octanol–water partition coefficient (Wildman–Crippen LogP) is 1.38. The first kappa shape index (κ1) is 16.9. The summed E-state index contributed by atoms with van der Waals surface area (Å²) in [5, 5.41) is 21.6. The Morgan fingerprint density at radius 2 is 2.00 bits per heavy atom. The molecule has 7 heteroatoms. The van der Waals surface area contributed by atoms with Crippen LogP contribution in [0.4, 0.5) is 5.82 Å². The van der Waals surface area contributed by atoms with Gasteiger partial charge in [-0.3, -0.25) is 4.90 Å². The van der Waals surface area contributed by atoms with Gasteiger partial charge >= 0.3 is 0 Å². The number of anilines is 1. The highest BCUT2D eigenvalue weighted by Crippen LogP contribution is 2.18. The van der Waals surface area contributed by atoms with Crippen molar-refractivity contribution in [3.05, 3.63) is 16.8 Å². The molecule has 3 heterocycles. The summed E-state index contributed by atoms with van der Waals surface area (Å²) >= 11 is 5.93. The standard InChI is InChI=1S/C16H26ClN5O/c1-12-9-15(19-20-16(12)17)18-13-3-2-5-21(10-13)7-8-22-6-4-14(23)11-22/h9,13-14,23H,2-8,10-11H2,1H3,(H,18,19)/t13-,14-/m1/s1. The zero-order valence-corrected chi connectivity index (χ0v) is 14.5. The Kier molecular flexibility index (Phi) is 5.69. The lowest BCUT2D eigenvalue weighted by molar-refractivity contribution is 0.158. The summed E-state index contributed by atoms with van der Waals surface area (Å²) in [5.74, 6) is 0.807. The Morgan fingerprint density at radius 1 is 1.22 bits per heavy atom. The number of piperidine rings is 1. The Hall–Kier alpha value is -0.950. The van der Waals surface area contributed by atoms with Gasteiger partial charge in [-0.15, -0.1) is 10.2 Å². The van der Waals surface area contributed by atoms with E-state index < -0.39 is 0 Å². The first-order chi connectivity index (χ1) is 11.1. The van der Waals surface area contributed by atoms with E-state index in [1.165, 1.54) is 6.42 Å². The number of nitrogens with zero attached hydrogens (tertiary/aromatic N) is 4. The Bertz CT molecular complexity index is 529. The van der Waals surface area contributed by atoms with Crippen LogP contribution in [0.5, 0.6) is 0 Å². The third-order valence-electron chi connectivity index (χ3n) is 4.76. The minimum absolute atomic E-state index is 0.127. The molecule has 0 aliphatic carbocycles. The van der Waals surface area contributed by atoms with Gasteiger partial charge in [0, 0.05) is 38.8 Å². The van der Waals surface area contributed by atoms with Crippen LogP contribution < -0.4 is 5.32 Å². The molecule has 1 aromatic heterocycles. The van der Waals surface area contributed by atoms with Crippen LogP contribution in [-0.4, -0.2) is 76.5 Å². The average molecular weight is 340 g/mol. The van der Waals surface area contributed by atoms with Crippen molar-refractivity contribution >= 4 is 17.4 Å². The number of β-amino-alcohol motifs (C(OH)–C–C–N with tert-alkyl or cyclic N) is 1. The number of halogens is 1. The highest BCUT2D eigenvalue weighted by atomic mass is 35.5. The number of hydrogen-bond donors (Lipinski definition) is 2. The molecule has 2 atom stereocenters. The van der Waals surface area contributed by atoms with E-state index in [1.54, 1.807) is 0 Å². The molecule has 2 N–H and O–H groups in total. The molecule has 0 bridgehead atoms. The molecule has 6 nitrogen and oxygen atoms in total. The topological polar surface area (TPSA) is 64.5 Å². The van der Waals surface area contributed by atoms with Crippen molar-refractivity contribution in [2.75, 3.05) is 44.6 Å². The lowest BCUT2D eigenvalue weighted by Crippen LogP contribution is -2.45. The van der Waals surface area contributed by atoms with E-state index in [0.717, 1.165) is 63.5 Å². The molecule has 0 radical (unpaired) electrons. The largest absolute Gasteiger partial charge is 0.392 e. The number of aryl methyl sites for hydroxylation is 1. The van der Waals surface area contributed by atoms with Crippen molar-refractivity contribution in [1.82, 2.24) is 20.0 Å². The molecule has 2 saturated heterocycles. The molecule has 0 amide bonds. The quantitative estimate of drug-likeness (QED) is 0.845. The zero-order valence-electron chi connectivity index (χ0n) is 13.7. The Labute approximate surface area is 142 Å². The molecule has 2 fully saturated rings. The molecular formula is C16H26ClN5O. The molecule has 0 spiro atoms. The van der Waals surface area contributed by atoms with E-state index in [1.807, 2.05) is 13.0 Å². The van der Waals surface area contributed by atoms with Gasteiger partial charge in [-0.05, 0) is 44.4 Å². The molecule has 0 unspecified atom stereocenters. The number of aromatic nitrogens is 2. The third kappa shape index (κ3) is 4.76. The Balaban J connectivity index is 1.46. The van der Waals surface area contributed by atoms with Gasteiger partial charge in [-0.1, -0.05) is 11.6 Å². The van der Waals surface area contributed by atoms with E-state index in [-0.39, 0.29) is 6.10 Å². The average Bonchev–Trinajstić information content (AvgIpc) is 2.95. The molecular weight excluding hydrogens is 314 g/mol. The van der Waals surface area contributed by atoms with Gasteiger partial charge < -0.3 is 15.3 Å². The monoisotopic (exact) mass is 339 g/mol. The van der Waals surface area contributed by atoms with Crippen molar-refractivity contribution < 1.29 is 5.11 Å². The summed E-state index contributed by atoms with van der Waals surface area (Å²) in [6.45, 7) is 8.09. The minimum atomic E-state index is -0.127. The second kappa shape index (κ2) is 7.75. The molecule has 128 valence electrons. The lowest BCUT2D eigenvalue weighted by Gasteiger charge is -2.34. The molecule has 1 aromatic rings. The normalized spacial score (nSPS) is 26.6. The molecule has 0 saturated carbocycles. The van der Waals surface area contributed by atoms with Crippen LogP contribution in [0.15, 0.2) is 6.07 Å². The third-order valence-corrected chi connectivity index (χ3v) is 5.14. The van der Waals surface area contributed by atoms with Crippen LogP contribution in [0.1, 0.15) is 24.8 Å². The summed E-state index contributed by atoms with van der Waals surface area (Å²) in [6, 6.07) is 2.36. The van der Waals surface area contributed by atoms with Crippen molar-refractivity contribution in [2.24, 2.45) is 0 Å². The second-order valence-electron chi connectivity index (χ2n) is 6.73. The van der Waals surface area contributed by atoms with Gasteiger partial charge in [-0.25, -0.2) is 0 Å². The number of rotatable bonds is 5. The van der Waals surface area contributed by atoms with E-state index >= 15 is 0 Å². The van der Waals surface area contributed by atoms with Gasteiger partial charge in [0.15, 0.2) is 5.15 Å². The van der Waals surface area contributed by atoms with Gasteiger partial charge in [0.1, 0.15) is 5.82 Å². The fraction of sp³-hybridized carbons (Fsp3) is 0.750. The summed E-state index contributed by atoms with van der Waals surface area (Å²) in [5.41, 5.74) is 0.949. The van der Waals surface area contributed by atoms with E-state index in [2.05, 4.69) is 25.3 Å². The van der Waals surface area contributed by atoms with Crippen molar-refractivity contribution in [3.63, 3.8) is 0 Å². The fourth-order valence-corrected chi connectivity index (χ4v) is 3.52. The first-order valence-electron chi connectivity index (χ1n) is 8.49. The summed E-state index contributed by atoms with van der Waals surface area (Å²) in [7, 11) is 0. The van der Waals surface area contributed by atoms with Crippen molar-refractivity contribution in [3.8, 4) is 0 Å². The first-order valence-corrected chi connectivity index (χ1v) is 8.87. The minimum Gasteiger partial charge on any atom is -0.392 e. The maximum Gasteiger partial charge on any atom is 0.154 e. The zero-order chi connectivity index (χ0) is 16.2. The SMILES string of the molecule is Cc1cc(N[C@@H]2CCCN(CCN3CC[C@@H](O)C3)C2)nnc1Cl. The number of nitrogens with one attached hydrogen (secondary N) is 1. The summed E-state index contributed by atoms with van der Waals surface area (Å²) in [4.78, 5) is 4.86. The van der Waals surface area contributed by atoms with Gasteiger partial charge in [0.05, 0.1) is 6.10 Å². The maximum absolute atomic E-state index is 9.60. The summed E-state index contributed by atoms with van der Waals surface area (Å²) in [6.07, 6.45) is 3.14. The number of hydrogen-bond acceptors (Lipinski definition) is 6. The van der Waals surface area contributed by atoms with E-state index in [4.69, 9.17) is 11.6 Å². The van der Waals surface area contributed by atoms with Crippen molar-refractivity contribution in [1.29, 1.82) is 0 Å². The van der Waals surface area contributed by atoms with Gasteiger partial charge in [0.2, 0.25) is 0 Å². The van der Waals surface area contributed by atoms with Crippen LogP contribution in [0, 0.1) is 6.92 Å². The molecule has 3 rings (SSSR count). The molecule has 23 heavy (non-hydrogen) atoms. The van der Waals surface area contributed by atoms with Gasteiger partial charge in [-0.2, -0.15) is 0 Å². The van der Waals surface area contributed by atoms with E-state index in [9.17, 15) is 5.11 Å². The molecule has 2 aliphatic heterocycles. The second-order valence-corrected chi connectivity index (χ2v) is 7.09. The van der Waals surface area contributed by atoms with E-state index in [0.29, 0.717) is 11.2 Å². The van der Waals surface area contributed by atoms with Crippen LogP contribution in [-0.2, 0) is 0 Å². The molecule has 2 aliphatic rings. The predicted molar refractivity (Wildman–Crippen MR) is 91.9 cm³/mol. The Morgan fingerprint density at radius 3 is 2.70 bits per heavy atom. The smallest absolute Gasteiger partial charge is 0.154 e. The van der Waals surface area contributed by atoms with Gasteiger partial charge in [0.25, 0.3) is 0 Å². The lowest BCUT2D eigenvalue weighted by atomic mass is 10.1. The fourth-order valence-electron chi connectivity index (χ4n) is 3.42. The van der Waals surface area contributed by atoms with Crippen molar-refractivity contribution in [2.45, 2.75) is 38.3 Å². The maximum atomic E-state index is 9.60. The number of likely N-dealkylation sites (tertiary alicyclic amines) is 2. The van der Waals surface area contributed by atoms with Crippen LogP contribution >= 0.6 is 11.6 Å². The molecule has 0 aromatic carbocycles. The van der Waals surface area contributed by atoms with Crippen LogP contribution in [0.3, 0.4) is 0 Å². The van der Waals surface area contributed by atoms with Crippen LogP contribution in [0.2, 0.25) is 5.15 Å². The number of aliphatic hydroxyl groups excluding tert-OH is 1. The summed E-state index contributed by atoms with van der Waals surface area (Å²) < 4.78 is 0.